The van der Waals surface area contributed by atoms with Gasteiger partial charge in [-0.3, -0.25) is 9.78 Å². The van der Waals surface area contributed by atoms with Gasteiger partial charge >= 0.3 is 0 Å². The van der Waals surface area contributed by atoms with Crippen LogP contribution in [0.4, 0.5) is 17.1 Å². The highest BCUT2D eigenvalue weighted by Gasteiger charge is 2.40. The zero-order valence-corrected chi connectivity index (χ0v) is 25.2. The second-order valence-corrected chi connectivity index (χ2v) is 11.5. The molecule has 0 unspecified atom stereocenters. The Kier molecular flexibility index (Phi) is 8.72. The van der Waals surface area contributed by atoms with Crippen LogP contribution in [0.15, 0.2) is 91.1 Å². The lowest BCUT2D eigenvalue weighted by atomic mass is 10.1. The second kappa shape index (κ2) is 12.8. The van der Waals surface area contributed by atoms with E-state index in [1.54, 1.807) is 36.5 Å². The van der Waals surface area contributed by atoms with E-state index in [0.717, 1.165) is 54.6 Å². The van der Waals surface area contributed by atoms with Crippen molar-refractivity contribution in [3.05, 3.63) is 112 Å². The van der Waals surface area contributed by atoms with Crippen LogP contribution in [0.25, 0.3) is 0 Å². The summed E-state index contributed by atoms with van der Waals surface area (Å²) in [5.41, 5.74) is 4.17. The molecule has 1 N–H and O–H groups in total. The summed E-state index contributed by atoms with van der Waals surface area (Å²) in [5, 5.41) is 3.97. The summed E-state index contributed by atoms with van der Waals surface area (Å²) in [6.45, 7) is 6.22. The maximum Gasteiger partial charge on any atom is 0.274 e. The molecule has 0 saturated carbocycles. The van der Waals surface area contributed by atoms with Crippen LogP contribution in [0.2, 0.25) is 10.0 Å². The SMILES string of the molecule is C[C@@]1(c2ccc(Cl)cc2Cl)OC[C@@H](COc2ccc(N3CCN(c4ccc(NC(=O)c5ccccn5)cc4)CC3)cc2)O1. The minimum Gasteiger partial charge on any atom is -0.491 e. The van der Waals surface area contributed by atoms with Gasteiger partial charge in [-0.2, -0.15) is 0 Å². The number of nitrogens with one attached hydrogen (secondary N) is 1. The average Bonchev–Trinajstić information content (AvgIpc) is 3.42. The number of piperazine rings is 1. The molecule has 0 aliphatic carbocycles. The number of hydrogen-bond donors (Lipinski definition) is 1. The Labute approximate surface area is 261 Å². The number of nitrogens with zero attached hydrogens (tertiary/aromatic N) is 3. The van der Waals surface area contributed by atoms with E-state index in [2.05, 4.69) is 32.2 Å². The fourth-order valence-corrected chi connectivity index (χ4v) is 5.91. The Balaban J connectivity index is 0.964. The number of rotatable bonds is 8. The average molecular weight is 620 g/mol. The number of aromatic nitrogens is 1. The lowest BCUT2D eigenvalue weighted by Crippen LogP contribution is -2.46. The molecule has 222 valence electrons. The number of hydrogen-bond acceptors (Lipinski definition) is 7. The molecule has 0 bridgehead atoms. The summed E-state index contributed by atoms with van der Waals surface area (Å²) in [7, 11) is 0. The van der Waals surface area contributed by atoms with Gasteiger partial charge in [-0.15, -0.1) is 0 Å². The van der Waals surface area contributed by atoms with Crippen LogP contribution < -0.4 is 19.9 Å². The van der Waals surface area contributed by atoms with E-state index in [9.17, 15) is 4.79 Å². The van der Waals surface area contributed by atoms with E-state index in [1.807, 2.05) is 49.4 Å². The third kappa shape index (κ3) is 6.89. The predicted octanol–water partition coefficient (Wildman–Crippen LogP) is 6.63. The molecule has 2 fully saturated rings. The quantitative estimate of drug-likeness (QED) is 0.237. The summed E-state index contributed by atoms with van der Waals surface area (Å²) in [5.74, 6) is -0.388. The monoisotopic (exact) mass is 618 g/mol. The number of benzene rings is 3. The van der Waals surface area contributed by atoms with Crippen molar-refractivity contribution in [2.75, 3.05) is 54.5 Å². The molecule has 0 spiro atoms. The largest absolute Gasteiger partial charge is 0.491 e. The standard InChI is InChI=1S/C33H32Cl2N4O4/c1-33(29-14-5-23(34)20-30(29)35)42-22-28(43-33)21-41-27-12-10-26(11-13-27)39-18-16-38(17-19-39)25-8-6-24(7-9-25)37-32(40)31-4-2-3-15-36-31/h2-15,20,28H,16-19,21-22H2,1H3,(H,37,40)/t28-,33-/m1/s1. The van der Waals surface area contributed by atoms with Crippen molar-refractivity contribution >= 4 is 46.2 Å². The Morgan fingerprint density at radius 2 is 1.63 bits per heavy atom. The molecule has 2 atom stereocenters. The fraction of sp³-hybridized carbons (Fsp3) is 0.273. The summed E-state index contributed by atoms with van der Waals surface area (Å²) in [6, 6.07) is 26.7. The molecule has 2 saturated heterocycles. The van der Waals surface area contributed by atoms with Crippen molar-refractivity contribution in [1.29, 1.82) is 0 Å². The molecule has 0 radical (unpaired) electrons. The topological polar surface area (TPSA) is 76.2 Å². The van der Waals surface area contributed by atoms with Crippen molar-refractivity contribution in [2.45, 2.75) is 18.8 Å². The molecule has 3 heterocycles. The van der Waals surface area contributed by atoms with E-state index in [4.69, 9.17) is 37.4 Å². The maximum atomic E-state index is 12.4. The van der Waals surface area contributed by atoms with E-state index >= 15 is 0 Å². The number of pyridine rings is 1. The summed E-state index contributed by atoms with van der Waals surface area (Å²) >= 11 is 12.4. The summed E-state index contributed by atoms with van der Waals surface area (Å²) in [6.07, 6.45) is 1.38. The number of halogens is 2. The lowest BCUT2D eigenvalue weighted by Gasteiger charge is -2.37. The lowest BCUT2D eigenvalue weighted by molar-refractivity contribution is -0.164. The minimum atomic E-state index is -0.945. The molecule has 10 heteroatoms. The molecular formula is C33H32Cl2N4O4. The minimum absolute atomic E-state index is 0.221. The van der Waals surface area contributed by atoms with Gasteiger partial charge in [-0.25, -0.2) is 0 Å². The molecular weight excluding hydrogens is 587 g/mol. The smallest absolute Gasteiger partial charge is 0.274 e. The first kappa shape index (κ1) is 29.3. The van der Waals surface area contributed by atoms with Crippen molar-refractivity contribution < 1.29 is 19.0 Å². The maximum absolute atomic E-state index is 12.4. The van der Waals surface area contributed by atoms with Gasteiger partial charge in [0.1, 0.15) is 24.2 Å². The molecule has 6 rings (SSSR count). The van der Waals surface area contributed by atoms with Crippen LogP contribution in [0.1, 0.15) is 23.0 Å². The molecule has 1 amide bonds. The molecule has 8 nitrogen and oxygen atoms in total. The van der Waals surface area contributed by atoms with Gasteiger partial charge < -0.3 is 29.3 Å². The van der Waals surface area contributed by atoms with E-state index in [0.29, 0.717) is 29.0 Å². The Bertz CT molecular complexity index is 1550. The first-order valence-corrected chi connectivity index (χ1v) is 14.9. The molecule has 1 aromatic heterocycles. The van der Waals surface area contributed by atoms with Crippen molar-refractivity contribution in [2.24, 2.45) is 0 Å². The summed E-state index contributed by atoms with van der Waals surface area (Å²) in [4.78, 5) is 21.2. The van der Waals surface area contributed by atoms with E-state index in [-0.39, 0.29) is 12.0 Å². The Morgan fingerprint density at radius 3 is 2.26 bits per heavy atom. The van der Waals surface area contributed by atoms with Crippen LogP contribution in [0.3, 0.4) is 0 Å². The van der Waals surface area contributed by atoms with Crippen LogP contribution in [-0.4, -0.2) is 56.4 Å². The normalized spacial score (nSPS) is 20.2. The first-order valence-electron chi connectivity index (χ1n) is 14.2. The number of amides is 1. The first-order chi connectivity index (χ1) is 20.9. The van der Waals surface area contributed by atoms with Gasteiger partial charge in [-0.05, 0) is 79.7 Å². The highest BCUT2D eigenvalue weighted by molar-refractivity contribution is 6.35. The third-order valence-corrected chi connectivity index (χ3v) is 8.21. The third-order valence-electron chi connectivity index (χ3n) is 7.66. The van der Waals surface area contributed by atoms with Crippen LogP contribution >= 0.6 is 23.2 Å². The Morgan fingerprint density at radius 1 is 0.953 bits per heavy atom. The van der Waals surface area contributed by atoms with Crippen molar-refractivity contribution in [1.82, 2.24) is 4.98 Å². The van der Waals surface area contributed by atoms with Gasteiger partial charge in [0.2, 0.25) is 0 Å². The highest BCUT2D eigenvalue weighted by Crippen LogP contribution is 2.38. The van der Waals surface area contributed by atoms with E-state index in [1.165, 1.54) is 0 Å². The van der Waals surface area contributed by atoms with Gasteiger partial charge in [0.05, 0.1) is 11.6 Å². The second-order valence-electron chi connectivity index (χ2n) is 10.6. The predicted molar refractivity (Wildman–Crippen MR) is 170 cm³/mol. The summed E-state index contributed by atoms with van der Waals surface area (Å²) < 4.78 is 18.2. The number of ether oxygens (including phenoxy) is 3. The molecule has 43 heavy (non-hydrogen) atoms. The zero-order valence-electron chi connectivity index (χ0n) is 23.7. The Hall–Kier alpha value is -3.82. The van der Waals surface area contributed by atoms with Crippen LogP contribution in [-0.2, 0) is 15.3 Å². The molecule has 4 aromatic rings. The number of carbonyl (C=O) groups is 1. The number of anilines is 3. The zero-order chi connectivity index (χ0) is 29.8. The van der Waals surface area contributed by atoms with E-state index < -0.39 is 5.79 Å². The fourth-order valence-electron chi connectivity index (χ4n) is 5.33. The molecule has 3 aromatic carbocycles. The highest BCUT2D eigenvalue weighted by atomic mass is 35.5. The van der Waals surface area contributed by atoms with Crippen molar-refractivity contribution in [3.8, 4) is 5.75 Å². The van der Waals surface area contributed by atoms with Crippen molar-refractivity contribution in [3.63, 3.8) is 0 Å². The molecule has 2 aliphatic heterocycles. The van der Waals surface area contributed by atoms with Crippen LogP contribution in [0, 0.1) is 0 Å². The molecule has 2 aliphatic rings. The number of carbonyl (C=O) groups excluding carboxylic acids is 1. The van der Waals surface area contributed by atoms with Gasteiger partial charge in [0, 0.05) is 60.0 Å². The van der Waals surface area contributed by atoms with Gasteiger partial charge in [0.25, 0.3) is 5.91 Å². The van der Waals surface area contributed by atoms with Gasteiger partial charge in [-0.1, -0.05) is 35.3 Å². The van der Waals surface area contributed by atoms with Crippen LogP contribution in [0.5, 0.6) is 5.75 Å². The van der Waals surface area contributed by atoms with Gasteiger partial charge in [0.15, 0.2) is 5.79 Å².